The maximum absolute atomic E-state index is 12.8. The predicted molar refractivity (Wildman–Crippen MR) is 135 cm³/mol. The number of nitrogens with one attached hydrogen (secondary N) is 1. The molecule has 0 bridgehead atoms. The van der Waals surface area contributed by atoms with Crippen molar-refractivity contribution in [3.05, 3.63) is 73.4 Å². The molecule has 0 atom stereocenters. The molecule has 1 saturated heterocycles. The van der Waals surface area contributed by atoms with Crippen molar-refractivity contribution in [2.75, 3.05) is 43.5 Å². The van der Waals surface area contributed by atoms with Gasteiger partial charge in [-0.3, -0.25) is 9.59 Å². The third-order valence-corrected chi connectivity index (χ3v) is 6.96. The minimum Gasteiger partial charge on any atom is -0.494 e. The Morgan fingerprint density at radius 3 is 2.39 bits per heavy atom. The molecular formula is C23H20Cl3N3O3S. The van der Waals surface area contributed by atoms with E-state index in [2.05, 4.69) is 10.2 Å². The van der Waals surface area contributed by atoms with Crippen LogP contribution < -0.4 is 15.0 Å². The van der Waals surface area contributed by atoms with Crippen molar-refractivity contribution in [2.45, 2.75) is 0 Å². The first-order valence-corrected chi connectivity index (χ1v) is 12.1. The van der Waals surface area contributed by atoms with Crippen LogP contribution in [0.15, 0.2) is 47.8 Å². The quantitative estimate of drug-likeness (QED) is 0.449. The predicted octanol–water partition coefficient (Wildman–Crippen LogP) is 5.93. The van der Waals surface area contributed by atoms with Crippen LogP contribution in [0.3, 0.4) is 0 Å². The average molecular weight is 525 g/mol. The Balaban J connectivity index is 1.43. The van der Waals surface area contributed by atoms with Gasteiger partial charge in [0.25, 0.3) is 11.8 Å². The molecule has 2 aromatic carbocycles. The topological polar surface area (TPSA) is 61.9 Å². The fourth-order valence-electron chi connectivity index (χ4n) is 3.68. The molecule has 1 aliphatic heterocycles. The molecule has 6 nitrogen and oxygen atoms in total. The molecule has 2 heterocycles. The van der Waals surface area contributed by atoms with E-state index >= 15 is 0 Å². The molecule has 1 N–H and O–H groups in total. The summed E-state index contributed by atoms with van der Waals surface area (Å²) >= 11 is 20.2. The zero-order valence-electron chi connectivity index (χ0n) is 17.6. The van der Waals surface area contributed by atoms with Crippen molar-refractivity contribution < 1.29 is 14.3 Å². The van der Waals surface area contributed by atoms with Gasteiger partial charge in [-0.15, -0.1) is 11.3 Å². The fraction of sp³-hybridized carbons (Fsp3) is 0.217. The number of anilines is 2. The number of thiophene rings is 1. The molecule has 172 valence electrons. The molecule has 1 aliphatic rings. The largest absolute Gasteiger partial charge is 0.494 e. The summed E-state index contributed by atoms with van der Waals surface area (Å²) in [7, 11) is 1.44. The Morgan fingerprint density at radius 1 is 1.00 bits per heavy atom. The Labute approximate surface area is 210 Å². The van der Waals surface area contributed by atoms with Crippen LogP contribution in [0.4, 0.5) is 11.4 Å². The number of ether oxygens (including phenoxy) is 1. The number of carbonyl (C=O) groups excluding carboxylic acids is 2. The molecule has 10 heteroatoms. The normalized spacial score (nSPS) is 13.7. The third kappa shape index (κ3) is 5.22. The van der Waals surface area contributed by atoms with Crippen LogP contribution in [-0.4, -0.2) is 50.0 Å². The van der Waals surface area contributed by atoms with E-state index in [-0.39, 0.29) is 22.2 Å². The molecule has 0 aliphatic carbocycles. The summed E-state index contributed by atoms with van der Waals surface area (Å²) in [5, 5.41) is 5.79. The molecule has 33 heavy (non-hydrogen) atoms. The van der Waals surface area contributed by atoms with Crippen LogP contribution in [0, 0.1) is 0 Å². The number of hydrogen-bond acceptors (Lipinski definition) is 5. The smallest absolute Gasteiger partial charge is 0.264 e. The minimum absolute atomic E-state index is 0.0605. The van der Waals surface area contributed by atoms with Crippen LogP contribution in [-0.2, 0) is 0 Å². The number of hydrogen-bond donors (Lipinski definition) is 1. The van der Waals surface area contributed by atoms with Gasteiger partial charge in [0.1, 0.15) is 5.75 Å². The number of carbonyl (C=O) groups is 2. The van der Waals surface area contributed by atoms with E-state index in [4.69, 9.17) is 39.5 Å². The Morgan fingerprint density at radius 2 is 1.76 bits per heavy atom. The zero-order valence-corrected chi connectivity index (χ0v) is 20.7. The lowest BCUT2D eigenvalue weighted by atomic mass is 10.1. The van der Waals surface area contributed by atoms with Gasteiger partial charge in [0.15, 0.2) is 0 Å². The summed E-state index contributed by atoms with van der Waals surface area (Å²) < 4.78 is 5.25. The van der Waals surface area contributed by atoms with Gasteiger partial charge in [-0.1, -0.05) is 40.9 Å². The second-order valence-corrected chi connectivity index (χ2v) is 9.54. The summed E-state index contributed by atoms with van der Waals surface area (Å²) in [6, 6.07) is 12.1. The van der Waals surface area contributed by atoms with Crippen molar-refractivity contribution in [3.8, 4) is 5.75 Å². The molecule has 0 unspecified atom stereocenters. The first-order valence-electron chi connectivity index (χ1n) is 10.1. The van der Waals surface area contributed by atoms with E-state index in [1.54, 1.807) is 12.1 Å². The van der Waals surface area contributed by atoms with Gasteiger partial charge in [-0.05, 0) is 41.8 Å². The number of piperazine rings is 1. The standard InChI is InChI=1S/C23H20Cl3N3O3S/c1-32-21-16(11-14(24)12-18(21)26)22(30)27-15-4-5-19(17(25)13-15)28-6-8-29(9-7-28)23(31)20-3-2-10-33-20/h2-5,10-13H,6-9H2,1H3,(H,27,30). The van der Waals surface area contributed by atoms with Crippen molar-refractivity contribution >= 4 is 69.3 Å². The lowest BCUT2D eigenvalue weighted by Gasteiger charge is -2.36. The van der Waals surface area contributed by atoms with Crippen molar-refractivity contribution in [1.82, 2.24) is 4.90 Å². The van der Waals surface area contributed by atoms with E-state index in [9.17, 15) is 9.59 Å². The van der Waals surface area contributed by atoms with Crippen molar-refractivity contribution in [2.24, 2.45) is 0 Å². The first kappa shape index (κ1) is 23.7. The molecule has 2 amide bonds. The maximum atomic E-state index is 12.8. The van der Waals surface area contributed by atoms with Crippen LogP contribution >= 0.6 is 46.1 Å². The number of halogens is 3. The average Bonchev–Trinajstić information content (AvgIpc) is 3.33. The maximum Gasteiger partial charge on any atom is 0.264 e. The molecule has 1 aromatic heterocycles. The van der Waals surface area contributed by atoms with Gasteiger partial charge in [-0.25, -0.2) is 0 Å². The highest BCUT2D eigenvalue weighted by atomic mass is 35.5. The van der Waals surface area contributed by atoms with Crippen LogP contribution in [0.5, 0.6) is 5.75 Å². The molecule has 0 radical (unpaired) electrons. The SMILES string of the molecule is COc1c(Cl)cc(Cl)cc1C(=O)Nc1ccc(N2CCN(C(=O)c3cccs3)CC2)c(Cl)c1. The van der Waals surface area contributed by atoms with E-state index in [0.29, 0.717) is 41.9 Å². The van der Waals surface area contributed by atoms with Gasteiger partial charge in [0.05, 0.1) is 33.3 Å². The number of amides is 2. The molecule has 3 aromatic rings. The Hall–Kier alpha value is -2.45. The molecule has 4 rings (SSSR count). The second-order valence-electron chi connectivity index (χ2n) is 7.35. The Bertz CT molecular complexity index is 1180. The highest BCUT2D eigenvalue weighted by molar-refractivity contribution is 7.12. The highest BCUT2D eigenvalue weighted by Crippen LogP contribution is 2.34. The fourth-order valence-corrected chi connectivity index (χ4v) is 5.24. The number of rotatable bonds is 5. The monoisotopic (exact) mass is 523 g/mol. The molecule has 0 saturated carbocycles. The lowest BCUT2D eigenvalue weighted by molar-refractivity contribution is 0.0751. The van der Waals surface area contributed by atoms with Crippen LogP contribution in [0.2, 0.25) is 15.1 Å². The summed E-state index contributed by atoms with van der Waals surface area (Å²) in [5.74, 6) is -0.109. The summed E-state index contributed by atoms with van der Waals surface area (Å²) in [6.45, 7) is 2.56. The van der Waals surface area contributed by atoms with Gasteiger partial charge >= 0.3 is 0 Å². The van der Waals surface area contributed by atoms with Gasteiger partial charge < -0.3 is 19.9 Å². The Kier molecular flexibility index (Phi) is 7.34. The van der Waals surface area contributed by atoms with Crippen molar-refractivity contribution in [3.63, 3.8) is 0 Å². The molecular weight excluding hydrogens is 505 g/mol. The van der Waals surface area contributed by atoms with Crippen molar-refractivity contribution in [1.29, 1.82) is 0 Å². The van der Waals surface area contributed by atoms with Gasteiger partial charge in [0, 0.05) is 36.9 Å². The summed E-state index contributed by atoms with van der Waals surface area (Å²) in [5.41, 5.74) is 1.60. The number of nitrogens with zero attached hydrogens (tertiary/aromatic N) is 2. The van der Waals surface area contributed by atoms with Gasteiger partial charge in [-0.2, -0.15) is 0 Å². The lowest BCUT2D eigenvalue weighted by Crippen LogP contribution is -2.48. The summed E-state index contributed by atoms with van der Waals surface area (Å²) in [6.07, 6.45) is 0. The highest BCUT2D eigenvalue weighted by Gasteiger charge is 2.24. The summed E-state index contributed by atoms with van der Waals surface area (Å²) in [4.78, 5) is 30.1. The minimum atomic E-state index is -0.416. The van der Waals surface area contributed by atoms with E-state index in [1.807, 2.05) is 28.5 Å². The third-order valence-electron chi connectivity index (χ3n) is 5.30. The molecule has 1 fully saturated rings. The van der Waals surface area contributed by atoms with E-state index in [1.165, 1.54) is 30.6 Å². The van der Waals surface area contributed by atoms with Crippen LogP contribution in [0.1, 0.15) is 20.0 Å². The first-order chi connectivity index (χ1) is 15.9. The molecule has 0 spiro atoms. The second kappa shape index (κ2) is 10.2. The van der Waals surface area contributed by atoms with E-state index < -0.39 is 5.91 Å². The van der Waals surface area contributed by atoms with Crippen LogP contribution in [0.25, 0.3) is 0 Å². The van der Waals surface area contributed by atoms with Gasteiger partial charge in [0.2, 0.25) is 0 Å². The van der Waals surface area contributed by atoms with E-state index in [0.717, 1.165) is 10.6 Å². The number of benzene rings is 2. The zero-order chi connectivity index (χ0) is 23.5. The number of methoxy groups -OCH3 is 1.